The van der Waals surface area contributed by atoms with Crippen LogP contribution in [0.25, 0.3) is 0 Å². The van der Waals surface area contributed by atoms with Crippen molar-refractivity contribution in [2.24, 2.45) is 10.3 Å². The molecule has 0 aliphatic carbocycles. The van der Waals surface area contributed by atoms with Gasteiger partial charge in [0.1, 0.15) is 22.8 Å². The first-order chi connectivity index (χ1) is 12.3. The van der Waals surface area contributed by atoms with Crippen LogP contribution in [0.2, 0.25) is 0 Å². The first-order valence-electron chi connectivity index (χ1n) is 7.64. The zero-order chi connectivity index (χ0) is 19.7. The lowest BCUT2D eigenvalue weighted by atomic mass is 10.2. The fraction of sp³-hybridized carbons (Fsp3) is 0.222. The van der Waals surface area contributed by atoms with Crippen molar-refractivity contribution in [3.8, 4) is 0 Å². The van der Waals surface area contributed by atoms with Gasteiger partial charge in [-0.2, -0.15) is 0 Å². The molecule has 2 aromatic rings. The Bertz CT molecular complexity index is 797. The Balaban J connectivity index is 0.000000263. The normalized spacial score (nSPS) is 11.4. The molecule has 0 bridgehead atoms. The molecule has 0 unspecified atom stereocenters. The Kier molecular flexibility index (Phi) is 7.75. The van der Waals surface area contributed by atoms with Crippen LogP contribution in [0.3, 0.4) is 0 Å². The molecule has 0 aliphatic rings. The summed E-state index contributed by atoms with van der Waals surface area (Å²) in [6.45, 7) is 6.12. The number of Topliss-reactive ketones (excluding diaryl/α,β-unsaturated/α-hetero) is 2. The van der Waals surface area contributed by atoms with Gasteiger partial charge in [-0.25, -0.2) is 9.97 Å². The third-order valence-corrected chi connectivity index (χ3v) is 3.26. The van der Waals surface area contributed by atoms with E-state index >= 15 is 0 Å². The molecule has 0 atom stereocenters. The van der Waals surface area contributed by atoms with Crippen molar-refractivity contribution in [3.63, 3.8) is 0 Å². The number of ketones is 2. The van der Waals surface area contributed by atoms with E-state index in [4.69, 9.17) is 10.4 Å². The minimum absolute atomic E-state index is 0.127. The highest BCUT2D eigenvalue weighted by Crippen LogP contribution is 2.02. The van der Waals surface area contributed by atoms with Gasteiger partial charge in [0, 0.05) is 13.8 Å². The highest BCUT2D eigenvalue weighted by atomic mass is 16.4. The van der Waals surface area contributed by atoms with E-state index < -0.39 is 0 Å². The second-order valence-corrected chi connectivity index (χ2v) is 5.30. The van der Waals surface area contributed by atoms with Crippen LogP contribution >= 0.6 is 0 Å². The largest absolute Gasteiger partial charge is 0.411 e. The maximum absolute atomic E-state index is 10.8. The molecule has 0 aliphatic heterocycles. The van der Waals surface area contributed by atoms with Gasteiger partial charge < -0.3 is 10.4 Å². The van der Waals surface area contributed by atoms with E-state index in [0.717, 1.165) is 0 Å². The Morgan fingerprint density at radius 1 is 0.692 bits per heavy atom. The number of pyridine rings is 2. The quantitative estimate of drug-likeness (QED) is 0.375. The lowest BCUT2D eigenvalue weighted by molar-refractivity contribution is 0.101. The van der Waals surface area contributed by atoms with E-state index in [1.165, 1.54) is 13.8 Å². The topological polar surface area (TPSA) is 125 Å². The van der Waals surface area contributed by atoms with Crippen molar-refractivity contribution >= 4 is 23.0 Å². The summed E-state index contributed by atoms with van der Waals surface area (Å²) in [6.07, 6.45) is 0. The van der Waals surface area contributed by atoms with Gasteiger partial charge in [0.25, 0.3) is 0 Å². The first-order valence-corrected chi connectivity index (χ1v) is 7.64. The van der Waals surface area contributed by atoms with Gasteiger partial charge in [-0.3, -0.25) is 9.59 Å². The molecule has 2 aromatic heterocycles. The molecule has 0 amide bonds. The first kappa shape index (κ1) is 20.6. The van der Waals surface area contributed by atoms with Gasteiger partial charge in [-0.15, -0.1) is 0 Å². The van der Waals surface area contributed by atoms with Crippen LogP contribution in [-0.2, 0) is 0 Å². The van der Waals surface area contributed by atoms with Crippen LogP contribution < -0.4 is 0 Å². The van der Waals surface area contributed by atoms with Crippen molar-refractivity contribution in [2.45, 2.75) is 27.7 Å². The highest BCUT2D eigenvalue weighted by molar-refractivity contribution is 6.00. The van der Waals surface area contributed by atoms with Crippen LogP contribution in [0.1, 0.15) is 60.1 Å². The Morgan fingerprint density at radius 3 is 1.31 bits per heavy atom. The summed E-state index contributed by atoms with van der Waals surface area (Å²) in [5.41, 5.74) is 2.60. The van der Waals surface area contributed by atoms with Crippen LogP contribution in [0, 0.1) is 0 Å². The fourth-order valence-corrected chi connectivity index (χ4v) is 1.77. The summed E-state index contributed by atoms with van der Waals surface area (Å²) in [5.74, 6) is -0.254. The molecule has 136 valence electrons. The number of nitrogens with zero attached hydrogens (tertiary/aromatic N) is 4. The average molecular weight is 356 g/mol. The third kappa shape index (κ3) is 5.90. The molecule has 26 heavy (non-hydrogen) atoms. The smallest absolute Gasteiger partial charge is 0.178 e. The number of rotatable bonds is 4. The molecule has 0 saturated carbocycles. The molecular formula is C18H20N4O4. The van der Waals surface area contributed by atoms with Gasteiger partial charge >= 0.3 is 0 Å². The van der Waals surface area contributed by atoms with Crippen LogP contribution in [0.5, 0.6) is 0 Å². The maximum atomic E-state index is 10.8. The number of hydrogen-bond acceptors (Lipinski definition) is 8. The molecule has 0 fully saturated rings. The molecule has 0 radical (unpaired) electrons. The summed E-state index contributed by atoms with van der Waals surface area (Å²) in [4.78, 5) is 29.7. The number of oxime groups is 2. The van der Waals surface area contributed by atoms with E-state index in [2.05, 4.69) is 20.3 Å². The van der Waals surface area contributed by atoms with Crippen molar-refractivity contribution < 1.29 is 20.0 Å². The van der Waals surface area contributed by atoms with E-state index in [1.54, 1.807) is 50.2 Å². The predicted molar refractivity (Wildman–Crippen MR) is 96.5 cm³/mol. The van der Waals surface area contributed by atoms with Gasteiger partial charge in [0.2, 0.25) is 0 Å². The molecule has 8 heteroatoms. The van der Waals surface area contributed by atoms with Crippen molar-refractivity contribution in [1.29, 1.82) is 0 Å². The maximum Gasteiger partial charge on any atom is 0.178 e. The van der Waals surface area contributed by atoms with Crippen LogP contribution in [0.15, 0.2) is 46.7 Å². The summed E-state index contributed by atoms with van der Waals surface area (Å²) >= 11 is 0. The molecule has 2 heterocycles. The van der Waals surface area contributed by atoms with Crippen LogP contribution in [-0.4, -0.2) is 43.4 Å². The second kappa shape index (κ2) is 9.77. The van der Waals surface area contributed by atoms with Gasteiger partial charge in [-0.05, 0) is 38.1 Å². The van der Waals surface area contributed by atoms with E-state index in [9.17, 15) is 9.59 Å². The average Bonchev–Trinajstić information content (AvgIpc) is 2.67. The highest BCUT2D eigenvalue weighted by Gasteiger charge is 2.05. The molecule has 0 spiro atoms. The SMILES string of the molecule is C/C(=N\O)c1cccc(/C(C)=N/O)n1.CC(=O)c1cccc(C(C)=O)n1. The van der Waals surface area contributed by atoms with E-state index in [1.807, 2.05) is 0 Å². The van der Waals surface area contributed by atoms with Crippen molar-refractivity contribution in [3.05, 3.63) is 59.2 Å². The molecule has 2 N–H and O–H groups in total. The Hall–Kier alpha value is -3.42. The summed E-state index contributed by atoms with van der Waals surface area (Å²) in [6, 6.07) is 10.0. The second-order valence-electron chi connectivity index (χ2n) is 5.30. The van der Waals surface area contributed by atoms with Gasteiger partial charge in [0.05, 0.1) is 11.4 Å². The van der Waals surface area contributed by atoms with E-state index in [0.29, 0.717) is 34.2 Å². The minimum atomic E-state index is -0.127. The Labute approximate surface area is 150 Å². The molecule has 0 aromatic carbocycles. The lowest BCUT2D eigenvalue weighted by Gasteiger charge is -2.01. The van der Waals surface area contributed by atoms with Crippen molar-refractivity contribution in [2.75, 3.05) is 0 Å². The number of aromatic nitrogens is 2. The van der Waals surface area contributed by atoms with E-state index in [-0.39, 0.29) is 11.6 Å². The minimum Gasteiger partial charge on any atom is -0.411 e. The summed E-state index contributed by atoms with van der Waals surface area (Å²) in [5, 5.41) is 23.2. The molecule has 0 saturated heterocycles. The van der Waals surface area contributed by atoms with Gasteiger partial charge in [-0.1, -0.05) is 22.4 Å². The molecular weight excluding hydrogens is 336 g/mol. The van der Waals surface area contributed by atoms with Crippen LogP contribution in [0.4, 0.5) is 0 Å². The predicted octanol–water partition coefficient (Wildman–Crippen LogP) is 2.96. The van der Waals surface area contributed by atoms with Gasteiger partial charge in [0.15, 0.2) is 11.6 Å². The standard InChI is InChI=1S/C9H11N3O2.C9H9NO2/c1-6(11-13)8-4-3-5-9(10-8)7(2)12-14;1-6(11)8-4-3-5-9(10-8)7(2)12/h3-5,13-14H,1-2H3;3-5H,1-2H3/b11-6+,12-7+;. The van der Waals surface area contributed by atoms with Crippen molar-refractivity contribution in [1.82, 2.24) is 9.97 Å². The zero-order valence-electron chi connectivity index (χ0n) is 15.0. The summed E-state index contributed by atoms with van der Waals surface area (Å²) in [7, 11) is 0. The third-order valence-electron chi connectivity index (χ3n) is 3.26. The number of carbonyl (C=O) groups excluding carboxylic acids is 2. The molecule has 2 rings (SSSR count). The summed E-state index contributed by atoms with van der Waals surface area (Å²) < 4.78 is 0. The monoisotopic (exact) mass is 356 g/mol. The number of hydrogen-bond donors (Lipinski definition) is 2. The lowest BCUT2D eigenvalue weighted by Crippen LogP contribution is -2.04. The Morgan fingerprint density at radius 2 is 1.00 bits per heavy atom. The molecule has 8 nitrogen and oxygen atoms in total. The number of carbonyl (C=O) groups is 2. The zero-order valence-corrected chi connectivity index (χ0v) is 15.0. The fourth-order valence-electron chi connectivity index (χ4n) is 1.77.